The Morgan fingerprint density at radius 1 is 1.41 bits per heavy atom. The third-order valence-corrected chi connectivity index (χ3v) is 3.93. The second-order valence-electron chi connectivity index (χ2n) is 4.07. The van der Waals surface area contributed by atoms with E-state index in [1.54, 1.807) is 6.07 Å². The molecule has 0 aliphatic carbocycles. The minimum absolute atomic E-state index is 0.233. The highest BCUT2D eigenvalue weighted by molar-refractivity contribution is 7.19. The molecule has 0 aliphatic rings. The van der Waals surface area contributed by atoms with Crippen molar-refractivity contribution in [2.45, 2.75) is 25.4 Å². The fourth-order valence-corrected chi connectivity index (χ4v) is 2.86. The van der Waals surface area contributed by atoms with Gasteiger partial charge in [-0.2, -0.15) is 0 Å². The van der Waals surface area contributed by atoms with Gasteiger partial charge in [-0.05, 0) is 48.9 Å². The van der Waals surface area contributed by atoms with Crippen LogP contribution in [0.2, 0.25) is 0 Å². The zero-order valence-corrected chi connectivity index (χ0v) is 10.3. The molecule has 1 aromatic heterocycles. The molecular weight excluding hydrogens is 235 g/mol. The monoisotopic (exact) mass is 250 g/mol. The Hall–Kier alpha value is -1.19. The summed E-state index contributed by atoms with van der Waals surface area (Å²) in [6.07, 6.45) is 3.97. The average molecular weight is 250 g/mol. The first-order valence-electron chi connectivity index (χ1n) is 5.68. The van der Waals surface area contributed by atoms with E-state index in [1.807, 2.05) is 12.1 Å². The summed E-state index contributed by atoms with van der Waals surface area (Å²) in [6.45, 7) is 3.65. The van der Waals surface area contributed by atoms with Gasteiger partial charge < -0.3 is 5.11 Å². The lowest BCUT2D eigenvalue weighted by molar-refractivity contribution is 0.169. The fourth-order valence-electron chi connectivity index (χ4n) is 1.80. The Balaban J connectivity index is 2.15. The van der Waals surface area contributed by atoms with E-state index < -0.39 is 6.10 Å². The van der Waals surface area contributed by atoms with E-state index in [9.17, 15) is 9.50 Å². The third kappa shape index (κ3) is 2.93. The van der Waals surface area contributed by atoms with Crippen molar-refractivity contribution in [1.29, 1.82) is 0 Å². The van der Waals surface area contributed by atoms with Crippen molar-refractivity contribution in [3.05, 3.63) is 47.6 Å². The molecule has 2 rings (SSSR count). The number of halogens is 1. The van der Waals surface area contributed by atoms with Crippen LogP contribution in [0.5, 0.6) is 0 Å². The van der Waals surface area contributed by atoms with E-state index in [2.05, 4.69) is 6.58 Å². The molecule has 2 aromatic rings. The highest BCUT2D eigenvalue weighted by atomic mass is 32.1. The number of hydrogen-bond donors (Lipinski definition) is 1. The van der Waals surface area contributed by atoms with Crippen LogP contribution in [0, 0.1) is 5.82 Å². The van der Waals surface area contributed by atoms with Gasteiger partial charge in [-0.25, -0.2) is 4.39 Å². The normalized spacial score (nSPS) is 12.8. The predicted molar refractivity (Wildman–Crippen MR) is 70.8 cm³/mol. The van der Waals surface area contributed by atoms with Crippen LogP contribution in [0.25, 0.3) is 10.1 Å². The van der Waals surface area contributed by atoms with Crippen molar-refractivity contribution in [3.63, 3.8) is 0 Å². The molecule has 1 N–H and O–H groups in total. The highest BCUT2D eigenvalue weighted by Gasteiger charge is 2.11. The number of fused-ring (bicyclic) bond motifs is 1. The number of hydrogen-bond acceptors (Lipinski definition) is 2. The van der Waals surface area contributed by atoms with Gasteiger partial charge in [0.1, 0.15) is 5.82 Å². The predicted octanol–water partition coefficient (Wildman–Crippen LogP) is 4.43. The molecule has 0 radical (unpaired) electrons. The summed E-state index contributed by atoms with van der Waals surface area (Å²) in [6, 6.07) is 6.59. The molecule has 0 saturated carbocycles. The second kappa shape index (κ2) is 5.43. The summed E-state index contributed by atoms with van der Waals surface area (Å²) in [5.41, 5.74) is 0. The molecule has 0 fully saturated rings. The van der Waals surface area contributed by atoms with Crippen molar-refractivity contribution in [3.8, 4) is 0 Å². The average Bonchev–Trinajstić information content (AvgIpc) is 2.72. The van der Waals surface area contributed by atoms with Gasteiger partial charge >= 0.3 is 0 Å². The van der Waals surface area contributed by atoms with Crippen LogP contribution in [0.3, 0.4) is 0 Å². The van der Waals surface area contributed by atoms with Crippen molar-refractivity contribution in [1.82, 2.24) is 0 Å². The number of thiophene rings is 1. The molecule has 0 amide bonds. The largest absolute Gasteiger partial charge is 0.388 e. The number of benzene rings is 1. The smallest absolute Gasteiger partial charge is 0.123 e. The topological polar surface area (TPSA) is 20.2 Å². The Labute approximate surface area is 104 Å². The molecule has 0 saturated heterocycles. The summed E-state index contributed by atoms with van der Waals surface area (Å²) in [5, 5.41) is 10.9. The van der Waals surface area contributed by atoms with Gasteiger partial charge in [0.05, 0.1) is 6.10 Å². The molecule has 1 unspecified atom stereocenters. The Morgan fingerprint density at radius 3 is 3.00 bits per heavy atom. The standard InChI is InChI=1S/C14H15FOS/c1-2-3-4-5-12(16)14-9-10-8-11(15)6-7-13(10)17-14/h2,6-9,12,16H,1,3-5H2. The molecule has 1 atom stereocenters. The van der Waals surface area contributed by atoms with Gasteiger partial charge in [-0.15, -0.1) is 17.9 Å². The van der Waals surface area contributed by atoms with Gasteiger partial charge in [0.25, 0.3) is 0 Å². The van der Waals surface area contributed by atoms with E-state index in [1.165, 1.54) is 23.5 Å². The number of aliphatic hydroxyl groups is 1. The minimum atomic E-state index is -0.449. The second-order valence-corrected chi connectivity index (χ2v) is 5.18. The summed E-state index contributed by atoms with van der Waals surface area (Å²) in [4.78, 5) is 0.912. The fraction of sp³-hybridized carbons (Fsp3) is 0.286. The number of aliphatic hydroxyl groups excluding tert-OH is 1. The van der Waals surface area contributed by atoms with Crippen LogP contribution in [0.1, 0.15) is 30.2 Å². The maximum Gasteiger partial charge on any atom is 0.123 e. The SMILES string of the molecule is C=CCCCC(O)c1cc2cc(F)ccc2s1. The molecular formula is C14H15FOS. The zero-order chi connectivity index (χ0) is 12.3. The first-order chi connectivity index (χ1) is 8.20. The van der Waals surface area contributed by atoms with Crippen LogP contribution >= 0.6 is 11.3 Å². The minimum Gasteiger partial charge on any atom is -0.388 e. The van der Waals surface area contributed by atoms with Crippen molar-refractivity contribution in [2.24, 2.45) is 0 Å². The maximum absolute atomic E-state index is 13.0. The van der Waals surface area contributed by atoms with Gasteiger partial charge in [-0.1, -0.05) is 6.08 Å². The molecule has 1 nitrogen and oxygen atoms in total. The Morgan fingerprint density at radius 2 is 2.24 bits per heavy atom. The van der Waals surface area contributed by atoms with Crippen molar-refractivity contribution >= 4 is 21.4 Å². The molecule has 3 heteroatoms. The van der Waals surface area contributed by atoms with Crippen LogP contribution in [-0.4, -0.2) is 5.11 Å². The van der Waals surface area contributed by atoms with Crippen molar-refractivity contribution < 1.29 is 9.50 Å². The van der Waals surface area contributed by atoms with E-state index >= 15 is 0 Å². The zero-order valence-electron chi connectivity index (χ0n) is 9.53. The highest BCUT2D eigenvalue weighted by Crippen LogP contribution is 2.32. The van der Waals surface area contributed by atoms with Gasteiger partial charge in [0, 0.05) is 9.58 Å². The van der Waals surface area contributed by atoms with E-state index in [-0.39, 0.29) is 5.82 Å². The number of unbranched alkanes of at least 4 members (excludes halogenated alkanes) is 1. The molecule has 1 heterocycles. The number of rotatable bonds is 5. The van der Waals surface area contributed by atoms with Crippen LogP contribution in [0.15, 0.2) is 36.9 Å². The van der Waals surface area contributed by atoms with Crippen LogP contribution in [-0.2, 0) is 0 Å². The van der Waals surface area contributed by atoms with E-state index in [0.717, 1.165) is 34.2 Å². The lowest BCUT2D eigenvalue weighted by Gasteiger charge is -2.06. The maximum atomic E-state index is 13.0. The van der Waals surface area contributed by atoms with Crippen LogP contribution in [0.4, 0.5) is 4.39 Å². The summed E-state index contributed by atoms with van der Waals surface area (Å²) in [7, 11) is 0. The Kier molecular flexibility index (Phi) is 3.92. The lowest BCUT2D eigenvalue weighted by atomic mass is 10.1. The molecule has 17 heavy (non-hydrogen) atoms. The third-order valence-electron chi connectivity index (χ3n) is 2.71. The summed E-state index contributed by atoms with van der Waals surface area (Å²) < 4.78 is 14.0. The first kappa shape index (κ1) is 12.3. The number of allylic oxidation sites excluding steroid dienone is 1. The van der Waals surface area contributed by atoms with Crippen molar-refractivity contribution in [2.75, 3.05) is 0 Å². The molecule has 90 valence electrons. The molecule has 0 spiro atoms. The Bertz CT molecular complexity index is 518. The summed E-state index contributed by atoms with van der Waals surface area (Å²) in [5.74, 6) is -0.233. The van der Waals surface area contributed by atoms with Crippen LogP contribution < -0.4 is 0 Å². The molecule has 1 aromatic carbocycles. The first-order valence-corrected chi connectivity index (χ1v) is 6.50. The van der Waals surface area contributed by atoms with Gasteiger partial charge in [-0.3, -0.25) is 0 Å². The van der Waals surface area contributed by atoms with E-state index in [0.29, 0.717) is 0 Å². The molecule has 0 bridgehead atoms. The molecule has 0 aliphatic heterocycles. The van der Waals surface area contributed by atoms with Gasteiger partial charge in [0.2, 0.25) is 0 Å². The summed E-state index contributed by atoms with van der Waals surface area (Å²) >= 11 is 1.53. The van der Waals surface area contributed by atoms with E-state index in [4.69, 9.17) is 0 Å². The van der Waals surface area contributed by atoms with Gasteiger partial charge in [0.15, 0.2) is 0 Å². The quantitative estimate of drug-likeness (QED) is 0.614. The lowest BCUT2D eigenvalue weighted by Crippen LogP contribution is -1.93.